The molecule has 2 aromatic rings. The minimum Gasteiger partial charge on any atom is -0.496 e. The third-order valence-corrected chi connectivity index (χ3v) is 4.29. The molecule has 0 unspecified atom stereocenters. The van der Waals surface area contributed by atoms with Crippen molar-refractivity contribution in [1.29, 1.82) is 0 Å². The Morgan fingerprint density at radius 1 is 1.07 bits per heavy atom. The number of hydrogen-bond donors (Lipinski definition) is 2. The van der Waals surface area contributed by atoms with Crippen LogP contribution in [0.4, 0.5) is 5.69 Å². The number of halogens is 1. The number of guanidine groups is 1. The first-order chi connectivity index (χ1) is 12.5. The first-order valence-corrected chi connectivity index (χ1v) is 8.87. The normalized spacial score (nSPS) is 10.8. The minimum atomic E-state index is 0. The van der Waals surface area contributed by atoms with E-state index >= 15 is 0 Å². The minimum absolute atomic E-state index is 0. The molecule has 0 fully saturated rings. The van der Waals surface area contributed by atoms with Crippen molar-refractivity contribution in [2.24, 2.45) is 4.99 Å². The maximum Gasteiger partial charge on any atom is 0.191 e. The van der Waals surface area contributed by atoms with Crippen LogP contribution in [0.3, 0.4) is 0 Å². The van der Waals surface area contributed by atoms with E-state index in [9.17, 15) is 0 Å². The number of hydrogen-bond acceptors (Lipinski definition) is 3. The van der Waals surface area contributed by atoms with Crippen molar-refractivity contribution in [3.05, 3.63) is 59.2 Å². The van der Waals surface area contributed by atoms with Crippen LogP contribution in [0.25, 0.3) is 0 Å². The monoisotopic (exact) mass is 482 g/mol. The van der Waals surface area contributed by atoms with E-state index in [1.807, 2.05) is 14.1 Å². The zero-order chi connectivity index (χ0) is 18.9. The number of rotatable bonds is 7. The maximum atomic E-state index is 5.39. The first-order valence-electron chi connectivity index (χ1n) is 8.87. The first kappa shape index (κ1) is 23.1. The highest BCUT2D eigenvalue weighted by molar-refractivity contribution is 14.0. The van der Waals surface area contributed by atoms with E-state index in [2.05, 4.69) is 69.9 Å². The van der Waals surface area contributed by atoms with Crippen molar-refractivity contribution in [3.8, 4) is 5.75 Å². The summed E-state index contributed by atoms with van der Waals surface area (Å²) in [5, 5.41) is 6.73. The molecule has 0 radical (unpaired) electrons. The zero-order valence-corrected chi connectivity index (χ0v) is 19.2. The molecule has 0 aliphatic rings. The van der Waals surface area contributed by atoms with Crippen molar-refractivity contribution in [1.82, 2.24) is 10.6 Å². The molecular weight excluding hydrogens is 451 g/mol. The molecule has 2 rings (SSSR count). The summed E-state index contributed by atoms with van der Waals surface area (Å²) in [6, 6.07) is 14.8. The molecule has 2 N–H and O–H groups in total. The second-order valence-corrected chi connectivity index (χ2v) is 6.47. The van der Waals surface area contributed by atoms with Gasteiger partial charge in [-0.2, -0.15) is 0 Å². The van der Waals surface area contributed by atoms with E-state index < -0.39 is 0 Å². The second-order valence-electron chi connectivity index (χ2n) is 6.47. The second kappa shape index (κ2) is 11.7. The third kappa shape index (κ3) is 7.28. The molecular formula is C21H31IN4O. The van der Waals surface area contributed by atoms with Gasteiger partial charge in [-0.15, -0.1) is 24.0 Å². The van der Waals surface area contributed by atoms with Gasteiger partial charge in [-0.25, -0.2) is 0 Å². The molecule has 0 saturated heterocycles. The summed E-state index contributed by atoms with van der Waals surface area (Å²) < 4.78 is 5.39. The summed E-state index contributed by atoms with van der Waals surface area (Å²) in [7, 11) is 7.60. The number of aliphatic imine (C=N–C) groups is 1. The van der Waals surface area contributed by atoms with Gasteiger partial charge in [0.05, 0.1) is 7.11 Å². The van der Waals surface area contributed by atoms with Crippen molar-refractivity contribution in [3.63, 3.8) is 0 Å². The summed E-state index contributed by atoms with van der Waals surface area (Å²) in [5.41, 5.74) is 4.82. The molecule has 6 heteroatoms. The van der Waals surface area contributed by atoms with Gasteiger partial charge in [0, 0.05) is 39.9 Å². The van der Waals surface area contributed by atoms with Crippen LogP contribution in [0.2, 0.25) is 0 Å². The van der Waals surface area contributed by atoms with Crippen LogP contribution in [0.15, 0.2) is 47.5 Å². The predicted molar refractivity (Wildman–Crippen MR) is 126 cm³/mol. The van der Waals surface area contributed by atoms with Crippen LogP contribution >= 0.6 is 24.0 Å². The van der Waals surface area contributed by atoms with E-state index in [0.717, 1.165) is 36.8 Å². The molecule has 0 saturated carbocycles. The fourth-order valence-corrected chi connectivity index (χ4v) is 2.70. The molecule has 27 heavy (non-hydrogen) atoms. The number of ether oxygens (including phenoxy) is 1. The molecule has 5 nitrogen and oxygen atoms in total. The fourth-order valence-electron chi connectivity index (χ4n) is 2.70. The van der Waals surface area contributed by atoms with Gasteiger partial charge in [0.1, 0.15) is 5.75 Å². The van der Waals surface area contributed by atoms with E-state index in [1.165, 1.54) is 16.8 Å². The van der Waals surface area contributed by atoms with Gasteiger partial charge in [-0.3, -0.25) is 4.99 Å². The number of nitrogens with zero attached hydrogens (tertiary/aromatic N) is 2. The Labute approximate surface area is 180 Å². The van der Waals surface area contributed by atoms with E-state index in [1.54, 1.807) is 14.2 Å². The Bertz CT molecular complexity index is 747. The van der Waals surface area contributed by atoms with Gasteiger partial charge in [0.25, 0.3) is 0 Å². The highest BCUT2D eigenvalue weighted by atomic mass is 127. The summed E-state index contributed by atoms with van der Waals surface area (Å²) in [6.45, 7) is 3.60. The van der Waals surface area contributed by atoms with Crippen molar-refractivity contribution < 1.29 is 4.74 Å². The highest BCUT2D eigenvalue weighted by Crippen LogP contribution is 2.19. The van der Waals surface area contributed by atoms with Crippen LogP contribution in [0.5, 0.6) is 5.75 Å². The molecule has 2 aromatic carbocycles. The van der Waals surface area contributed by atoms with Crippen LogP contribution in [0.1, 0.15) is 16.7 Å². The Kier molecular flexibility index (Phi) is 9.99. The quantitative estimate of drug-likeness (QED) is 0.360. The number of nitrogens with one attached hydrogen (secondary N) is 2. The largest absolute Gasteiger partial charge is 0.496 e. The lowest BCUT2D eigenvalue weighted by Crippen LogP contribution is -2.37. The topological polar surface area (TPSA) is 48.9 Å². The molecule has 0 aromatic heterocycles. The van der Waals surface area contributed by atoms with Crippen LogP contribution < -0.4 is 20.3 Å². The lowest BCUT2D eigenvalue weighted by molar-refractivity contribution is 0.411. The zero-order valence-electron chi connectivity index (χ0n) is 16.9. The summed E-state index contributed by atoms with van der Waals surface area (Å²) in [6.07, 6.45) is 0.910. The van der Waals surface area contributed by atoms with Gasteiger partial charge in [0.2, 0.25) is 0 Å². The van der Waals surface area contributed by atoms with Crippen molar-refractivity contribution in [2.45, 2.75) is 19.9 Å². The van der Waals surface area contributed by atoms with Gasteiger partial charge in [-0.1, -0.05) is 24.3 Å². The van der Waals surface area contributed by atoms with Crippen molar-refractivity contribution >= 4 is 35.6 Å². The van der Waals surface area contributed by atoms with Gasteiger partial charge < -0.3 is 20.3 Å². The Hall–Kier alpha value is -1.96. The molecule has 148 valence electrons. The summed E-state index contributed by atoms with van der Waals surface area (Å²) >= 11 is 0. The lowest BCUT2D eigenvalue weighted by atomic mass is 10.1. The average Bonchev–Trinajstić information content (AvgIpc) is 2.65. The van der Waals surface area contributed by atoms with E-state index in [4.69, 9.17) is 4.74 Å². The molecule has 0 aliphatic carbocycles. The van der Waals surface area contributed by atoms with Gasteiger partial charge >= 0.3 is 0 Å². The number of aryl methyl sites for hydroxylation is 1. The standard InChI is InChI=1S/C21H30N4O.HI/c1-16-9-10-17(14-20(16)26-5)11-12-23-21(22-2)24-15-18-7-6-8-19(13-18)25(3)4;/h6-10,13-14H,11-12,15H2,1-5H3,(H2,22,23,24);1H. The molecule has 0 amide bonds. The number of methoxy groups -OCH3 is 1. The lowest BCUT2D eigenvalue weighted by Gasteiger charge is -2.15. The van der Waals surface area contributed by atoms with Crippen LogP contribution in [0, 0.1) is 6.92 Å². The predicted octanol–water partition coefficient (Wildman–Crippen LogP) is 3.60. The highest BCUT2D eigenvalue weighted by Gasteiger charge is 2.03. The van der Waals surface area contributed by atoms with Crippen LogP contribution in [-0.4, -0.2) is 40.8 Å². The average molecular weight is 482 g/mol. The van der Waals surface area contributed by atoms with Gasteiger partial charge in [-0.05, 0) is 48.2 Å². The number of anilines is 1. The molecule has 0 heterocycles. The van der Waals surface area contributed by atoms with Crippen molar-refractivity contribution in [2.75, 3.05) is 39.7 Å². The fraction of sp³-hybridized carbons (Fsp3) is 0.381. The van der Waals surface area contributed by atoms with E-state index in [-0.39, 0.29) is 24.0 Å². The molecule has 0 spiro atoms. The maximum absolute atomic E-state index is 5.39. The van der Waals surface area contributed by atoms with E-state index in [0.29, 0.717) is 0 Å². The Balaban J connectivity index is 0.00000364. The molecule has 0 bridgehead atoms. The Morgan fingerprint density at radius 3 is 2.52 bits per heavy atom. The smallest absolute Gasteiger partial charge is 0.191 e. The van der Waals surface area contributed by atoms with Gasteiger partial charge in [0.15, 0.2) is 5.96 Å². The molecule has 0 atom stereocenters. The third-order valence-electron chi connectivity index (χ3n) is 4.29. The van der Waals surface area contributed by atoms with Crippen LogP contribution in [-0.2, 0) is 13.0 Å². The summed E-state index contributed by atoms with van der Waals surface area (Å²) in [4.78, 5) is 6.40. The summed E-state index contributed by atoms with van der Waals surface area (Å²) in [5.74, 6) is 1.74. The number of benzene rings is 2. The molecule has 0 aliphatic heterocycles. The SMILES string of the molecule is CN=C(NCCc1ccc(C)c(OC)c1)NCc1cccc(N(C)C)c1.I. The Morgan fingerprint density at radius 2 is 1.85 bits per heavy atom.